The monoisotopic (exact) mass is 474 g/mol. The van der Waals surface area contributed by atoms with Crippen molar-refractivity contribution >= 4 is 28.6 Å². The van der Waals surface area contributed by atoms with Crippen LogP contribution in [-0.4, -0.2) is 65.3 Å². The number of piperidine rings is 1. The summed E-state index contributed by atoms with van der Waals surface area (Å²) in [4.78, 5) is 19.4. The van der Waals surface area contributed by atoms with Crippen molar-refractivity contribution in [1.82, 2.24) is 9.88 Å². The standard InChI is InChI=1S/C26H38N2O4S/c1-26(2,3)33-15-14-28-13-11-18(22(17-28)25(30)32-5)6-9-24(29)20-10-12-27-23-8-7-19(31-4)16-21(20)23/h7-8,10,12,16,18,22,24,29H,6,9,11,13-15,17H2,1-5H3/t18-,22+,24?/m1/s1. The number of aromatic nitrogens is 1. The van der Waals surface area contributed by atoms with Gasteiger partial charge in [0, 0.05) is 35.2 Å². The molecular formula is C26H38N2O4S. The van der Waals surface area contributed by atoms with E-state index in [0.29, 0.717) is 6.42 Å². The van der Waals surface area contributed by atoms with Crippen LogP contribution in [0.3, 0.4) is 0 Å². The summed E-state index contributed by atoms with van der Waals surface area (Å²) in [5, 5.41) is 11.9. The van der Waals surface area contributed by atoms with E-state index in [1.165, 1.54) is 7.11 Å². The van der Waals surface area contributed by atoms with Gasteiger partial charge in [-0.2, -0.15) is 11.8 Å². The van der Waals surface area contributed by atoms with Gasteiger partial charge in [-0.1, -0.05) is 20.8 Å². The molecule has 1 unspecified atom stereocenters. The molecule has 33 heavy (non-hydrogen) atoms. The summed E-state index contributed by atoms with van der Waals surface area (Å²) in [5.74, 6) is 1.72. The molecule has 0 radical (unpaired) electrons. The fourth-order valence-electron chi connectivity index (χ4n) is 4.61. The minimum atomic E-state index is -0.623. The fourth-order valence-corrected chi connectivity index (χ4v) is 5.57. The number of aliphatic hydroxyl groups is 1. The van der Waals surface area contributed by atoms with Gasteiger partial charge in [0.15, 0.2) is 0 Å². The Bertz CT molecular complexity index is 930. The molecule has 7 heteroatoms. The second kappa shape index (κ2) is 11.5. The summed E-state index contributed by atoms with van der Waals surface area (Å²) in [6.45, 7) is 9.38. The normalized spacial score (nSPS) is 20.5. The fraction of sp³-hybridized carbons (Fsp3) is 0.615. The molecule has 1 saturated heterocycles. The van der Waals surface area contributed by atoms with Crippen molar-refractivity contribution in [2.45, 2.75) is 50.9 Å². The van der Waals surface area contributed by atoms with Gasteiger partial charge >= 0.3 is 5.97 Å². The molecule has 0 bridgehead atoms. The SMILES string of the molecule is COC(=O)[C@H]1CN(CCSC(C)(C)C)CC[C@H]1CCC(O)c1ccnc2ccc(OC)cc12. The number of carbonyl (C=O) groups is 1. The lowest BCUT2D eigenvalue weighted by Crippen LogP contribution is -2.45. The van der Waals surface area contributed by atoms with Crippen LogP contribution in [-0.2, 0) is 9.53 Å². The van der Waals surface area contributed by atoms with Crippen molar-refractivity contribution in [3.63, 3.8) is 0 Å². The van der Waals surface area contributed by atoms with Gasteiger partial charge in [-0.05, 0) is 61.6 Å². The largest absolute Gasteiger partial charge is 0.497 e. The minimum Gasteiger partial charge on any atom is -0.497 e. The van der Waals surface area contributed by atoms with Crippen molar-refractivity contribution in [2.75, 3.05) is 39.6 Å². The highest BCUT2D eigenvalue weighted by molar-refractivity contribution is 8.00. The van der Waals surface area contributed by atoms with Gasteiger partial charge in [0.25, 0.3) is 0 Å². The number of ether oxygens (including phenoxy) is 2. The number of hydrogen-bond acceptors (Lipinski definition) is 7. The van der Waals surface area contributed by atoms with E-state index in [0.717, 1.165) is 60.4 Å². The zero-order valence-corrected chi connectivity index (χ0v) is 21.4. The summed E-state index contributed by atoms with van der Waals surface area (Å²) in [6, 6.07) is 7.58. The minimum absolute atomic E-state index is 0.137. The number of likely N-dealkylation sites (tertiary alicyclic amines) is 1. The number of hydrogen-bond donors (Lipinski definition) is 1. The second-order valence-corrected chi connectivity index (χ2v) is 11.7. The summed E-state index contributed by atoms with van der Waals surface area (Å²) in [6.07, 6.45) is 3.42. The van der Waals surface area contributed by atoms with E-state index in [1.807, 2.05) is 36.0 Å². The van der Waals surface area contributed by atoms with Gasteiger partial charge in [-0.3, -0.25) is 9.78 Å². The van der Waals surface area contributed by atoms with Crippen LogP contribution >= 0.6 is 11.8 Å². The maximum atomic E-state index is 12.6. The number of thioether (sulfide) groups is 1. The van der Waals surface area contributed by atoms with Gasteiger partial charge in [-0.25, -0.2) is 0 Å². The molecule has 0 amide bonds. The molecule has 0 saturated carbocycles. The first kappa shape index (κ1) is 25.8. The Morgan fingerprint density at radius 1 is 1.30 bits per heavy atom. The lowest BCUT2D eigenvalue weighted by atomic mass is 9.81. The van der Waals surface area contributed by atoms with Gasteiger partial charge in [0.2, 0.25) is 0 Å². The predicted octanol–water partition coefficient (Wildman–Crippen LogP) is 4.70. The van der Waals surface area contributed by atoms with Crippen LogP contribution < -0.4 is 4.74 Å². The maximum Gasteiger partial charge on any atom is 0.310 e. The van der Waals surface area contributed by atoms with E-state index in [9.17, 15) is 9.90 Å². The van der Waals surface area contributed by atoms with Crippen LogP contribution in [0.5, 0.6) is 5.75 Å². The van der Waals surface area contributed by atoms with Crippen molar-refractivity contribution in [3.8, 4) is 5.75 Å². The van der Waals surface area contributed by atoms with E-state index in [2.05, 4.69) is 30.7 Å². The van der Waals surface area contributed by atoms with Gasteiger partial charge in [-0.15, -0.1) is 0 Å². The average molecular weight is 475 g/mol. The summed E-state index contributed by atoms with van der Waals surface area (Å²) in [7, 11) is 3.11. The molecule has 1 aromatic heterocycles. The Labute approximate surface area is 202 Å². The zero-order chi connectivity index (χ0) is 24.0. The number of benzene rings is 1. The lowest BCUT2D eigenvalue weighted by molar-refractivity contribution is -0.150. The van der Waals surface area contributed by atoms with Crippen LogP contribution in [0.2, 0.25) is 0 Å². The topological polar surface area (TPSA) is 71.9 Å². The van der Waals surface area contributed by atoms with Crippen LogP contribution in [0.1, 0.15) is 51.7 Å². The van der Waals surface area contributed by atoms with Gasteiger partial charge in [0.1, 0.15) is 5.75 Å². The number of pyridine rings is 1. The number of methoxy groups -OCH3 is 2. The molecule has 2 aromatic rings. The Morgan fingerprint density at radius 3 is 2.79 bits per heavy atom. The molecule has 1 aliphatic heterocycles. The Kier molecular flexibility index (Phi) is 9.02. The number of esters is 1. The molecule has 3 atom stereocenters. The van der Waals surface area contributed by atoms with Crippen LogP contribution in [0.4, 0.5) is 0 Å². The summed E-state index contributed by atoms with van der Waals surface area (Å²) >= 11 is 1.95. The molecule has 1 fully saturated rings. The van der Waals surface area contributed by atoms with Crippen molar-refractivity contribution in [2.24, 2.45) is 11.8 Å². The lowest BCUT2D eigenvalue weighted by Gasteiger charge is -2.37. The number of aliphatic hydroxyl groups excluding tert-OH is 1. The number of fused-ring (bicyclic) bond motifs is 1. The zero-order valence-electron chi connectivity index (χ0n) is 20.5. The first-order chi connectivity index (χ1) is 15.7. The van der Waals surface area contributed by atoms with E-state index < -0.39 is 6.10 Å². The third-order valence-electron chi connectivity index (χ3n) is 6.44. The summed E-state index contributed by atoms with van der Waals surface area (Å²) < 4.78 is 10.7. The first-order valence-electron chi connectivity index (χ1n) is 11.8. The highest BCUT2D eigenvalue weighted by Gasteiger charge is 2.35. The molecule has 1 aromatic carbocycles. The molecule has 6 nitrogen and oxygen atoms in total. The second-order valence-electron chi connectivity index (χ2n) is 9.82. The van der Waals surface area contributed by atoms with Gasteiger partial charge in [0.05, 0.1) is 31.8 Å². The highest BCUT2D eigenvalue weighted by atomic mass is 32.2. The van der Waals surface area contributed by atoms with E-state index in [1.54, 1.807) is 13.3 Å². The highest BCUT2D eigenvalue weighted by Crippen LogP contribution is 2.34. The third kappa shape index (κ3) is 7.08. The molecular weight excluding hydrogens is 436 g/mol. The third-order valence-corrected chi connectivity index (χ3v) is 7.69. The summed E-state index contributed by atoms with van der Waals surface area (Å²) in [5.41, 5.74) is 1.69. The Morgan fingerprint density at radius 2 is 2.09 bits per heavy atom. The molecule has 0 aliphatic carbocycles. The molecule has 2 heterocycles. The average Bonchev–Trinajstić information content (AvgIpc) is 2.80. The van der Waals surface area contributed by atoms with E-state index in [-0.39, 0.29) is 22.6 Å². The van der Waals surface area contributed by atoms with Crippen molar-refractivity contribution in [3.05, 3.63) is 36.0 Å². The smallest absolute Gasteiger partial charge is 0.310 e. The number of nitrogens with zero attached hydrogens (tertiary/aromatic N) is 2. The van der Waals surface area contributed by atoms with Crippen LogP contribution in [0, 0.1) is 11.8 Å². The molecule has 3 rings (SSSR count). The van der Waals surface area contributed by atoms with Crippen molar-refractivity contribution in [1.29, 1.82) is 0 Å². The Balaban J connectivity index is 1.64. The molecule has 0 spiro atoms. The van der Waals surface area contributed by atoms with Crippen LogP contribution in [0.25, 0.3) is 10.9 Å². The molecule has 1 N–H and O–H groups in total. The quantitative estimate of drug-likeness (QED) is 0.528. The first-order valence-corrected chi connectivity index (χ1v) is 12.7. The van der Waals surface area contributed by atoms with Crippen molar-refractivity contribution < 1.29 is 19.4 Å². The molecule has 1 aliphatic rings. The van der Waals surface area contributed by atoms with Crippen LogP contribution in [0.15, 0.2) is 30.5 Å². The Hall–Kier alpha value is -1.83. The van der Waals surface area contributed by atoms with E-state index in [4.69, 9.17) is 9.47 Å². The van der Waals surface area contributed by atoms with E-state index >= 15 is 0 Å². The number of rotatable bonds is 9. The predicted molar refractivity (Wildman–Crippen MR) is 135 cm³/mol. The van der Waals surface area contributed by atoms with Gasteiger partial charge < -0.3 is 19.5 Å². The number of carbonyl (C=O) groups excluding carboxylic acids is 1. The molecule has 182 valence electrons. The maximum absolute atomic E-state index is 12.6.